The Labute approximate surface area is 118 Å². The van der Waals surface area contributed by atoms with Gasteiger partial charge < -0.3 is 15.8 Å². The van der Waals surface area contributed by atoms with Gasteiger partial charge in [0.25, 0.3) is 5.91 Å². The lowest BCUT2D eigenvalue weighted by Gasteiger charge is -2.24. The van der Waals surface area contributed by atoms with Crippen LogP contribution in [0.3, 0.4) is 0 Å². The van der Waals surface area contributed by atoms with E-state index in [0.29, 0.717) is 10.6 Å². The van der Waals surface area contributed by atoms with Crippen LogP contribution in [0, 0.1) is 0 Å². The van der Waals surface area contributed by atoms with E-state index in [2.05, 4.69) is 21.2 Å². The molecule has 1 aromatic heterocycles. The number of methoxy groups -OCH3 is 1. The topological polar surface area (TPSA) is 81.4 Å². The second-order valence-electron chi connectivity index (χ2n) is 4.43. The zero-order chi connectivity index (χ0) is 13.9. The van der Waals surface area contributed by atoms with E-state index in [1.165, 1.54) is 18.4 Å². The molecule has 18 heavy (non-hydrogen) atoms. The number of thiophene rings is 1. The van der Waals surface area contributed by atoms with Gasteiger partial charge in [0.15, 0.2) is 0 Å². The summed E-state index contributed by atoms with van der Waals surface area (Å²) in [7, 11) is 1.53. The lowest BCUT2D eigenvalue weighted by Crippen LogP contribution is -2.45. The van der Waals surface area contributed by atoms with Crippen LogP contribution >= 0.6 is 27.3 Å². The van der Waals surface area contributed by atoms with Gasteiger partial charge in [-0.15, -0.1) is 11.3 Å². The number of nitrogens with one attached hydrogen (secondary N) is 1. The molecule has 0 saturated carbocycles. The summed E-state index contributed by atoms with van der Waals surface area (Å²) in [5.41, 5.74) is 4.45. The molecule has 0 spiro atoms. The van der Waals surface area contributed by atoms with E-state index in [4.69, 9.17) is 10.5 Å². The lowest BCUT2D eigenvalue weighted by atomic mass is 10.0. The van der Waals surface area contributed by atoms with Crippen molar-refractivity contribution >= 4 is 39.1 Å². The summed E-state index contributed by atoms with van der Waals surface area (Å²) in [5, 5.41) is 2.76. The summed E-state index contributed by atoms with van der Waals surface area (Å²) in [6, 6.07) is 1.64. The number of hydrogen-bond acceptors (Lipinski definition) is 4. The number of halogens is 1. The molecule has 3 N–H and O–H groups in total. The smallest absolute Gasteiger partial charge is 0.261 e. The van der Waals surface area contributed by atoms with Gasteiger partial charge in [-0.2, -0.15) is 0 Å². The highest BCUT2D eigenvalue weighted by Crippen LogP contribution is 2.34. The van der Waals surface area contributed by atoms with Crippen LogP contribution in [-0.2, 0) is 4.79 Å². The Kier molecular flexibility index (Phi) is 4.75. The van der Waals surface area contributed by atoms with Crippen molar-refractivity contribution in [3.05, 3.63) is 14.7 Å². The van der Waals surface area contributed by atoms with Crippen LogP contribution < -0.4 is 15.8 Å². The summed E-state index contributed by atoms with van der Waals surface area (Å²) in [5.74, 6) is -0.0988. The van der Waals surface area contributed by atoms with E-state index >= 15 is 0 Å². The van der Waals surface area contributed by atoms with E-state index in [-0.39, 0.29) is 12.3 Å². The van der Waals surface area contributed by atoms with Crippen molar-refractivity contribution in [2.45, 2.75) is 25.8 Å². The molecule has 0 saturated heterocycles. The molecular formula is C11H15BrN2O3S. The average Bonchev–Trinajstić information content (AvgIpc) is 2.56. The molecule has 0 aliphatic carbocycles. The molecule has 7 heteroatoms. The van der Waals surface area contributed by atoms with Gasteiger partial charge in [0.2, 0.25) is 5.91 Å². The molecule has 0 aliphatic rings. The van der Waals surface area contributed by atoms with Crippen molar-refractivity contribution in [1.29, 1.82) is 0 Å². The van der Waals surface area contributed by atoms with Gasteiger partial charge in [-0.3, -0.25) is 9.59 Å². The molecule has 0 unspecified atom stereocenters. The first kappa shape index (κ1) is 15.0. The lowest BCUT2D eigenvalue weighted by molar-refractivity contribution is -0.119. The number of rotatable bonds is 5. The fourth-order valence-electron chi connectivity index (χ4n) is 1.45. The van der Waals surface area contributed by atoms with Crippen molar-refractivity contribution in [1.82, 2.24) is 5.32 Å². The Morgan fingerprint density at radius 2 is 2.17 bits per heavy atom. The molecule has 1 rings (SSSR count). The normalized spacial score (nSPS) is 11.1. The van der Waals surface area contributed by atoms with Crippen LogP contribution in [0.5, 0.6) is 5.75 Å². The van der Waals surface area contributed by atoms with Crippen molar-refractivity contribution in [3.63, 3.8) is 0 Å². The van der Waals surface area contributed by atoms with Gasteiger partial charge in [-0.05, 0) is 29.8 Å². The summed E-state index contributed by atoms with van der Waals surface area (Å²) >= 11 is 4.58. The molecule has 1 heterocycles. The zero-order valence-corrected chi connectivity index (χ0v) is 12.8. The van der Waals surface area contributed by atoms with Gasteiger partial charge in [0.05, 0.1) is 12.0 Å². The highest BCUT2D eigenvalue weighted by Gasteiger charge is 2.25. The fraction of sp³-hybridized carbons (Fsp3) is 0.455. The van der Waals surface area contributed by atoms with Crippen LogP contribution in [0.1, 0.15) is 29.9 Å². The first-order valence-corrected chi connectivity index (χ1v) is 6.80. The van der Waals surface area contributed by atoms with Crippen LogP contribution in [0.4, 0.5) is 0 Å². The first-order chi connectivity index (χ1) is 8.25. The van der Waals surface area contributed by atoms with E-state index < -0.39 is 11.4 Å². The van der Waals surface area contributed by atoms with E-state index in [1.807, 2.05) is 0 Å². The molecule has 1 aromatic rings. The summed E-state index contributed by atoms with van der Waals surface area (Å²) < 4.78 is 5.83. The molecule has 0 radical (unpaired) electrons. The van der Waals surface area contributed by atoms with Crippen molar-refractivity contribution < 1.29 is 14.3 Å². The Hall–Kier alpha value is -1.08. The number of carbonyl (C=O) groups is 2. The number of hydrogen-bond donors (Lipinski definition) is 2. The first-order valence-electron chi connectivity index (χ1n) is 5.19. The molecule has 0 atom stereocenters. The van der Waals surface area contributed by atoms with Gasteiger partial charge in [-0.25, -0.2) is 0 Å². The Morgan fingerprint density at radius 3 is 2.61 bits per heavy atom. The van der Waals surface area contributed by atoms with Gasteiger partial charge in [-0.1, -0.05) is 0 Å². The van der Waals surface area contributed by atoms with Crippen LogP contribution in [-0.4, -0.2) is 24.5 Å². The molecule has 0 aromatic carbocycles. The largest absolute Gasteiger partial charge is 0.495 e. The number of primary amides is 1. The van der Waals surface area contributed by atoms with Gasteiger partial charge in [0, 0.05) is 18.0 Å². The maximum absolute atomic E-state index is 12.0. The molecule has 0 fully saturated rings. The summed E-state index contributed by atoms with van der Waals surface area (Å²) in [4.78, 5) is 23.4. The second kappa shape index (κ2) is 5.71. The number of ether oxygens (including phenoxy) is 1. The number of nitrogens with two attached hydrogens (primary N) is 1. The zero-order valence-electron chi connectivity index (χ0n) is 10.4. The van der Waals surface area contributed by atoms with Crippen LogP contribution in [0.2, 0.25) is 0 Å². The minimum Gasteiger partial charge on any atom is -0.495 e. The predicted molar refractivity (Wildman–Crippen MR) is 73.9 cm³/mol. The SMILES string of the molecule is COc1cc(C(=O)NC(C)(C)CC(N)=O)sc1Br. The fourth-order valence-corrected chi connectivity index (χ4v) is 3.00. The van der Waals surface area contributed by atoms with E-state index in [1.54, 1.807) is 19.9 Å². The Balaban J connectivity index is 2.78. The minimum atomic E-state index is -0.674. The van der Waals surface area contributed by atoms with E-state index in [0.717, 1.165) is 3.79 Å². The molecule has 0 aliphatic heterocycles. The third kappa shape index (κ3) is 3.99. The van der Waals surface area contributed by atoms with Crippen LogP contribution in [0.25, 0.3) is 0 Å². The summed E-state index contributed by atoms with van der Waals surface area (Å²) in [6.07, 6.45) is 0.0857. The molecule has 100 valence electrons. The maximum Gasteiger partial charge on any atom is 0.261 e. The Bertz CT molecular complexity index is 471. The number of amides is 2. The second-order valence-corrected chi connectivity index (χ2v) is 6.80. The average molecular weight is 335 g/mol. The highest BCUT2D eigenvalue weighted by molar-refractivity contribution is 9.11. The van der Waals surface area contributed by atoms with Crippen LogP contribution in [0.15, 0.2) is 9.85 Å². The van der Waals surface area contributed by atoms with Crippen molar-refractivity contribution in [2.24, 2.45) is 5.73 Å². The van der Waals surface area contributed by atoms with Gasteiger partial charge in [0.1, 0.15) is 9.54 Å². The third-order valence-electron chi connectivity index (χ3n) is 2.17. The van der Waals surface area contributed by atoms with Crippen molar-refractivity contribution in [2.75, 3.05) is 7.11 Å². The maximum atomic E-state index is 12.0. The summed E-state index contributed by atoms with van der Waals surface area (Å²) in [6.45, 7) is 3.49. The van der Waals surface area contributed by atoms with Gasteiger partial charge >= 0.3 is 0 Å². The monoisotopic (exact) mass is 334 g/mol. The van der Waals surface area contributed by atoms with Crippen molar-refractivity contribution in [3.8, 4) is 5.75 Å². The van der Waals surface area contributed by atoms with E-state index in [9.17, 15) is 9.59 Å². The standard InChI is InChI=1S/C11H15BrN2O3S/c1-11(2,5-8(13)15)14-10(16)7-4-6(17-3)9(12)18-7/h4H,5H2,1-3H3,(H2,13,15)(H,14,16). The molecular weight excluding hydrogens is 320 g/mol. The molecule has 0 bridgehead atoms. The minimum absolute atomic E-state index is 0.0857. The molecule has 5 nitrogen and oxygen atoms in total. The molecule has 2 amide bonds. The Morgan fingerprint density at radius 1 is 1.56 bits per heavy atom. The number of carbonyl (C=O) groups excluding carboxylic acids is 2. The quantitative estimate of drug-likeness (QED) is 0.862. The third-order valence-corrected chi connectivity index (χ3v) is 3.95. The highest BCUT2D eigenvalue weighted by atomic mass is 79.9. The predicted octanol–water partition coefficient (Wildman–Crippen LogP) is 1.90.